The summed E-state index contributed by atoms with van der Waals surface area (Å²) in [4.78, 5) is 14.4. The van der Waals surface area contributed by atoms with E-state index < -0.39 is 10.0 Å². The number of nitrogens with one attached hydrogen (secondary N) is 1. The van der Waals surface area contributed by atoms with Crippen LogP contribution >= 0.6 is 0 Å². The molecule has 1 aromatic rings. The first kappa shape index (κ1) is 16.9. The van der Waals surface area contributed by atoms with Crippen molar-refractivity contribution in [2.45, 2.75) is 37.9 Å². The van der Waals surface area contributed by atoms with E-state index in [1.807, 2.05) is 13.8 Å². The molecule has 1 heterocycles. The Labute approximate surface area is 131 Å². The number of hydrogen-bond donors (Lipinski definition) is 1. The van der Waals surface area contributed by atoms with Crippen LogP contribution in [-0.2, 0) is 14.8 Å². The van der Waals surface area contributed by atoms with Gasteiger partial charge >= 0.3 is 0 Å². The molecule has 0 aromatic heterocycles. The van der Waals surface area contributed by atoms with Crippen molar-refractivity contribution in [3.8, 4) is 0 Å². The molecule has 2 rings (SSSR count). The number of hydrogen-bond acceptors (Lipinski definition) is 4. The molecule has 1 aromatic carbocycles. The van der Waals surface area contributed by atoms with Crippen LogP contribution in [0.2, 0.25) is 0 Å². The molecule has 0 bridgehead atoms. The minimum absolute atomic E-state index is 0.0265. The van der Waals surface area contributed by atoms with Crippen molar-refractivity contribution in [2.75, 3.05) is 19.6 Å². The van der Waals surface area contributed by atoms with Crippen molar-refractivity contribution in [1.29, 1.82) is 0 Å². The molecule has 1 fully saturated rings. The summed E-state index contributed by atoms with van der Waals surface area (Å²) >= 11 is 0. The summed E-state index contributed by atoms with van der Waals surface area (Å²) < 4.78 is 32.1. The van der Waals surface area contributed by atoms with Gasteiger partial charge in [0.25, 0.3) is 5.91 Å². The van der Waals surface area contributed by atoms with E-state index in [1.165, 1.54) is 12.1 Å². The van der Waals surface area contributed by atoms with E-state index in [0.717, 1.165) is 0 Å². The zero-order valence-corrected chi connectivity index (χ0v) is 13.9. The van der Waals surface area contributed by atoms with Gasteiger partial charge in [-0.3, -0.25) is 4.79 Å². The van der Waals surface area contributed by atoms with Crippen molar-refractivity contribution in [3.63, 3.8) is 0 Å². The number of benzene rings is 1. The number of rotatable bonds is 4. The fraction of sp³-hybridized carbons (Fsp3) is 0.533. The maximum Gasteiger partial charge on any atom is 0.254 e. The molecule has 2 unspecified atom stereocenters. The van der Waals surface area contributed by atoms with E-state index in [9.17, 15) is 13.2 Å². The van der Waals surface area contributed by atoms with Crippen LogP contribution in [0.25, 0.3) is 0 Å². The normalized spacial score (nSPS) is 22.6. The molecule has 0 aliphatic carbocycles. The second-order valence-electron chi connectivity index (χ2n) is 5.50. The number of amides is 1. The van der Waals surface area contributed by atoms with E-state index in [4.69, 9.17) is 4.74 Å². The average Bonchev–Trinajstić information content (AvgIpc) is 2.45. The predicted molar refractivity (Wildman–Crippen MR) is 83.2 cm³/mol. The smallest absolute Gasteiger partial charge is 0.254 e. The van der Waals surface area contributed by atoms with Gasteiger partial charge in [0.1, 0.15) is 0 Å². The zero-order valence-electron chi connectivity index (χ0n) is 13.1. The second-order valence-corrected chi connectivity index (χ2v) is 7.26. The summed E-state index contributed by atoms with van der Waals surface area (Å²) in [6, 6.07) is 6.13. The van der Waals surface area contributed by atoms with E-state index >= 15 is 0 Å². The molecule has 0 radical (unpaired) electrons. The summed E-state index contributed by atoms with van der Waals surface area (Å²) in [5, 5.41) is 0. The Balaban J connectivity index is 2.24. The minimum atomic E-state index is -3.56. The van der Waals surface area contributed by atoms with Crippen LogP contribution in [0.15, 0.2) is 29.2 Å². The zero-order chi connectivity index (χ0) is 16.3. The first-order valence-corrected chi connectivity index (χ1v) is 8.86. The number of morpholine rings is 1. The highest BCUT2D eigenvalue weighted by Crippen LogP contribution is 2.17. The third-order valence-electron chi connectivity index (χ3n) is 3.43. The maximum absolute atomic E-state index is 12.6. The van der Waals surface area contributed by atoms with Gasteiger partial charge in [-0.05, 0) is 32.0 Å². The molecule has 1 aliphatic heterocycles. The molecule has 7 heteroatoms. The molecule has 22 heavy (non-hydrogen) atoms. The summed E-state index contributed by atoms with van der Waals surface area (Å²) in [6.07, 6.45) is -0.0530. The van der Waals surface area contributed by atoms with Gasteiger partial charge < -0.3 is 9.64 Å². The maximum atomic E-state index is 12.6. The number of carbonyl (C=O) groups excluding carboxylic acids is 1. The van der Waals surface area contributed by atoms with Crippen molar-refractivity contribution >= 4 is 15.9 Å². The van der Waals surface area contributed by atoms with Crippen molar-refractivity contribution in [1.82, 2.24) is 9.62 Å². The lowest BCUT2D eigenvalue weighted by atomic mass is 10.1. The van der Waals surface area contributed by atoms with Crippen LogP contribution in [0.5, 0.6) is 0 Å². The molecule has 2 atom stereocenters. The third-order valence-corrected chi connectivity index (χ3v) is 4.98. The molecule has 1 amide bonds. The minimum Gasteiger partial charge on any atom is -0.372 e. The largest absolute Gasteiger partial charge is 0.372 e. The monoisotopic (exact) mass is 326 g/mol. The highest BCUT2D eigenvalue weighted by atomic mass is 32.2. The van der Waals surface area contributed by atoms with Crippen LogP contribution in [-0.4, -0.2) is 51.1 Å². The third kappa shape index (κ3) is 3.85. The predicted octanol–water partition coefficient (Wildman–Crippen LogP) is 1.23. The van der Waals surface area contributed by atoms with Crippen molar-refractivity contribution in [2.24, 2.45) is 0 Å². The lowest BCUT2D eigenvalue weighted by Gasteiger charge is -2.35. The second kappa shape index (κ2) is 6.76. The highest BCUT2D eigenvalue weighted by Gasteiger charge is 2.27. The van der Waals surface area contributed by atoms with E-state index in [1.54, 1.807) is 24.0 Å². The van der Waals surface area contributed by atoms with Gasteiger partial charge in [-0.2, -0.15) is 0 Å². The molecule has 1 N–H and O–H groups in total. The van der Waals surface area contributed by atoms with E-state index in [-0.39, 0.29) is 23.0 Å². The lowest BCUT2D eigenvalue weighted by Crippen LogP contribution is -2.48. The Morgan fingerprint density at radius 2 is 1.95 bits per heavy atom. The Hall–Kier alpha value is -1.44. The number of sulfonamides is 1. The van der Waals surface area contributed by atoms with Crippen LogP contribution < -0.4 is 4.72 Å². The Morgan fingerprint density at radius 3 is 2.55 bits per heavy atom. The first-order chi connectivity index (χ1) is 10.3. The number of ether oxygens (including phenoxy) is 1. The van der Waals surface area contributed by atoms with Gasteiger partial charge in [0, 0.05) is 25.2 Å². The standard InChI is InChI=1S/C15H22N2O4S/c1-4-16-22(19,20)14-7-5-6-13(8-14)15(18)17-9-11(2)21-12(3)10-17/h5-8,11-12,16H,4,9-10H2,1-3H3. The van der Waals surface area contributed by atoms with Crippen molar-refractivity contribution < 1.29 is 17.9 Å². The van der Waals surface area contributed by atoms with Crippen molar-refractivity contribution in [3.05, 3.63) is 29.8 Å². The fourth-order valence-electron chi connectivity index (χ4n) is 2.60. The van der Waals surface area contributed by atoms with Crippen LogP contribution in [0, 0.1) is 0 Å². The van der Waals surface area contributed by atoms with Crippen LogP contribution in [0.3, 0.4) is 0 Å². The fourth-order valence-corrected chi connectivity index (χ4v) is 3.68. The van der Waals surface area contributed by atoms with E-state index in [2.05, 4.69) is 4.72 Å². The topological polar surface area (TPSA) is 75.7 Å². The highest BCUT2D eigenvalue weighted by molar-refractivity contribution is 7.89. The molecule has 1 aliphatic rings. The van der Waals surface area contributed by atoms with Gasteiger partial charge in [0.15, 0.2) is 0 Å². The molecule has 122 valence electrons. The van der Waals surface area contributed by atoms with Crippen LogP contribution in [0.4, 0.5) is 0 Å². The molecule has 0 spiro atoms. The first-order valence-electron chi connectivity index (χ1n) is 7.38. The molecule has 1 saturated heterocycles. The van der Waals surface area contributed by atoms with Gasteiger partial charge in [-0.1, -0.05) is 13.0 Å². The van der Waals surface area contributed by atoms with Gasteiger partial charge in [-0.25, -0.2) is 13.1 Å². The molecular formula is C15H22N2O4S. The summed E-state index contributed by atoms with van der Waals surface area (Å²) in [5.74, 6) is -0.171. The lowest BCUT2D eigenvalue weighted by molar-refractivity contribution is -0.0586. The Bertz CT molecular complexity index is 635. The summed E-state index contributed by atoms with van der Waals surface area (Å²) in [7, 11) is -3.56. The van der Waals surface area contributed by atoms with Gasteiger partial charge in [0.05, 0.1) is 17.1 Å². The molecule has 0 saturated carbocycles. The Kier molecular flexibility index (Phi) is 5.20. The number of carbonyl (C=O) groups is 1. The average molecular weight is 326 g/mol. The molecule has 6 nitrogen and oxygen atoms in total. The summed E-state index contributed by atoms with van der Waals surface area (Å²) in [5.41, 5.74) is 0.375. The SMILES string of the molecule is CCNS(=O)(=O)c1cccc(C(=O)N2CC(C)OC(C)C2)c1. The van der Waals surface area contributed by atoms with Crippen LogP contribution in [0.1, 0.15) is 31.1 Å². The van der Waals surface area contributed by atoms with E-state index in [0.29, 0.717) is 25.2 Å². The Morgan fingerprint density at radius 1 is 1.32 bits per heavy atom. The van der Waals surface area contributed by atoms with Gasteiger partial charge in [-0.15, -0.1) is 0 Å². The molecular weight excluding hydrogens is 304 g/mol. The van der Waals surface area contributed by atoms with Gasteiger partial charge in [0.2, 0.25) is 10.0 Å². The number of nitrogens with zero attached hydrogens (tertiary/aromatic N) is 1. The summed E-state index contributed by atoms with van der Waals surface area (Å²) in [6.45, 7) is 6.87. The quantitative estimate of drug-likeness (QED) is 0.903.